The van der Waals surface area contributed by atoms with Crippen molar-refractivity contribution >= 4 is 5.78 Å². The molecule has 2 saturated heterocycles. The molecule has 5 fully saturated rings. The quantitative estimate of drug-likeness (QED) is 0.205. The Kier molecular flexibility index (Phi) is 8.44. The van der Waals surface area contributed by atoms with Gasteiger partial charge in [0.2, 0.25) is 0 Å². The van der Waals surface area contributed by atoms with E-state index in [-0.39, 0.29) is 41.7 Å². The highest BCUT2D eigenvalue weighted by Crippen LogP contribution is 2.71. The van der Waals surface area contributed by atoms with E-state index in [2.05, 4.69) is 26.8 Å². The summed E-state index contributed by atoms with van der Waals surface area (Å²) in [5, 5.41) is 74.1. The van der Waals surface area contributed by atoms with Gasteiger partial charge in [-0.05, 0) is 80.1 Å². The van der Waals surface area contributed by atoms with Crippen LogP contribution in [0.5, 0.6) is 0 Å². The van der Waals surface area contributed by atoms with Gasteiger partial charge in [-0.1, -0.05) is 26.8 Å². The summed E-state index contributed by atoms with van der Waals surface area (Å²) >= 11 is 0. The fraction of sp³-hybridized carbons (Fsp3) is 0.906. The fourth-order valence-electron chi connectivity index (χ4n) is 10.1. The van der Waals surface area contributed by atoms with Gasteiger partial charge in [-0.15, -0.1) is 0 Å². The molecule has 6 rings (SSSR count). The Morgan fingerprint density at radius 3 is 2.20 bits per heavy atom. The van der Waals surface area contributed by atoms with Crippen LogP contribution in [0.15, 0.2) is 12.2 Å². The highest BCUT2D eigenvalue weighted by molar-refractivity contribution is 5.95. The molecule has 2 heterocycles. The van der Waals surface area contributed by atoms with Crippen molar-refractivity contribution in [3.05, 3.63) is 12.2 Å². The molecule has 6 aliphatic rings. The molecular formula is C32H50O12. The van der Waals surface area contributed by atoms with E-state index in [1.807, 2.05) is 0 Å². The predicted molar refractivity (Wildman–Crippen MR) is 153 cm³/mol. The number of carbonyl (C=O) groups is 1. The number of carbonyl (C=O) groups excluding carboxylic acids is 1. The van der Waals surface area contributed by atoms with E-state index in [1.165, 1.54) is 6.92 Å². The molecular weight excluding hydrogens is 576 g/mol. The van der Waals surface area contributed by atoms with E-state index in [0.29, 0.717) is 12.3 Å². The summed E-state index contributed by atoms with van der Waals surface area (Å²) in [4.78, 5) is 12.8. The zero-order valence-corrected chi connectivity index (χ0v) is 26.0. The number of aliphatic hydroxyl groups excluding tert-OH is 6. The van der Waals surface area contributed by atoms with Crippen LogP contribution in [0.25, 0.3) is 0 Å². The van der Waals surface area contributed by atoms with E-state index in [9.17, 15) is 40.5 Å². The van der Waals surface area contributed by atoms with Crippen LogP contribution >= 0.6 is 0 Å². The van der Waals surface area contributed by atoms with Crippen LogP contribution in [-0.2, 0) is 23.7 Å². The minimum Gasteiger partial charge on any atom is -0.388 e. The Morgan fingerprint density at radius 1 is 0.841 bits per heavy atom. The van der Waals surface area contributed by atoms with Crippen molar-refractivity contribution < 1.29 is 59.5 Å². The highest BCUT2D eigenvalue weighted by Gasteiger charge is 2.67. The minimum absolute atomic E-state index is 0.00908. The van der Waals surface area contributed by atoms with Gasteiger partial charge in [-0.2, -0.15) is 0 Å². The molecule has 2 bridgehead atoms. The Balaban J connectivity index is 1.12. The molecule has 2 aliphatic heterocycles. The van der Waals surface area contributed by atoms with Crippen molar-refractivity contribution in [1.82, 2.24) is 0 Å². The molecule has 1 unspecified atom stereocenters. The number of rotatable bonds is 6. The van der Waals surface area contributed by atoms with Gasteiger partial charge in [-0.3, -0.25) is 4.79 Å². The van der Waals surface area contributed by atoms with Crippen molar-refractivity contribution in [2.45, 2.75) is 133 Å². The SMILES string of the molecule is C[C@@H]1O[C@@H](OC[C@H]2OC(OC[C@@]3(O)C[C@@]45CC[C@@H]6C(C)(C)C(=O)C=C[C@@]6(C)[C@@H]4CC[C@@H]3C5)[C@H](O)[C@@H](O)[C@@H]2O)[C@H](O)[C@H](O)[C@H]1O. The number of ether oxygens (including phenoxy) is 4. The molecule has 1 spiro atoms. The van der Waals surface area contributed by atoms with E-state index < -0.39 is 72.4 Å². The van der Waals surface area contributed by atoms with Crippen LogP contribution in [0.3, 0.4) is 0 Å². The van der Waals surface area contributed by atoms with Crippen LogP contribution in [-0.4, -0.2) is 122 Å². The minimum atomic E-state index is -1.63. The van der Waals surface area contributed by atoms with Gasteiger partial charge in [0.25, 0.3) is 0 Å². The molecule has 3 saturated carbocycles. The number of hydrogen-bond donors (Lipinski definition) is 7. The fourth-order valence-corrected chi connectivity index (χ4v) is 10.1. The molecule has 44 heavy (non-hydrogen) atoms. The molecule has 16 atom stereocenters. The van der Waals surface area contributed by atoms with Crippen LogP contribution in [0.4, 0.5) is 0 Å². The number of ketones is 1. The zero-order valence-electron chi connectivity index (χ0n) is 26.0. The summed E-state index contributed by atoms with van der Waals surface area (Å²) in [6.45, 7) is 7.39. The smallest absolute Gasteiger partial charge is 0.186 e. The third-order valence-electron chi connectivity index (χ3n) is 12.5. The van der Waals surface area contributed by atoms with Crippen molar-refractivity contribution in [1.29, 1.82) is 0 Å². The topological polar surface area (TPSA) is 196 Å². The third-order valence-corrected chi connectivity index (χ3v) is 12.5. The maximum absolute atomic E-state index is 12.8. The van der Waals surface area contributed by atoms with Gasteiger partial charge in [0.05, 0.1) is 24.9 Å². The molecule has 0 aromatic heterocycles. The summed E-state index contributed by atoms with van der Waals surface area (Å²) in [7, 11) is 0. The summed E-state index contributed by atoms with van der Waals surface area (Å²) in [5.74, 6) is 0.720. The molecule has 0 aromatic carbocycles. The first-order valence-corrected chi connectivity index (χ1v) is 16.1. The molecule has 0 radical (unpaired) electrons. The van der Waals surface area contributed by atoms with E-state index >= 15 is 0 Å². The average Bonchev–Trinajstić information content (AvgIpc) is 3.18. The summed E-state index contributed by atoms with van der Waals surface area (Å²) in [5.41, 5.74) is -1.85. The van der Waals surface area contributed by atoms with Gasteiger partial charge >= 0.3 is 0 Å². The molecule has 0 aromatic rings. The monoisotopic (exact) mass is 626 g/mol. The average molecular weight is 627 g/mol. The first-order chi connectivity index (χ1) is 20.5. The third kappa shape index (κ3) is 5.04. The predicted octanol–water partition coefficient (Wildman–Crippen LogP) is -0.226. The molecule has 250 valence electrons. The summed E-state index contributed by atoms with van der Waals surface area (Å²) < 4.78 is 22.8. The Hall–Kier alpha value is -1.03. The van der Waals surface area contributed by atoms with Crippen molar-refractivity contribution in [3.63, 3.8) is 0 Å². The zero-order chi connectivity index (χ0) is 32.0. The standard InChI is InChI=1S/C32H50O12/c1-15-21(34)23(36)25(38)27(43-15)41-12-17-22(35)24(37)26(39)28(44-17)42-14-32(40)13-31-10-7-18-29(2,3)20(33)8-9-30(18,4)19(31)6-5-16(32)11-31/h8-9,15-19,21-28,34-40H,5-7,10-14H2,1-4H3/t15-,16+,17+,18+,19-,21-,22+,23+,24-,25+,26+,27+,28?,30+,31-,32-/m0/s1. The van der Waals surface area contributed by atoms with Gasteiger partial charge in [0, 0.05) is 5.41 Å². The Morgan fingerprint density at radius 2 is 1.50 bits per heavy atom. The summed E-state index contributed by atoms with van der Waals surface area (Å²) in [6, 6.07) is 0. The van der Waals surface area contributed by atoms with Gasteiger partial charge in [0.15, 0.2) is 18.4 Å². The first-order valence-electron chi connectivity index (χ1n) is 16.1. The lowest BCUT2D eigenvalue weighted by molar-refractivity contribution is -0.332. The van der Waals surface area contributed by atoms with Crippen LogP contribution in [0.2, 0.25) is 0 Å². The number of aliphatic hydroxyl groups is 7. The van der Waals surface area contributed by atoms with Crippen molar-refractivity contribution in [2.24, 2.45) is 34.0 Å². The largest absolute Gasteiger partial charge is 0.388 e. The van der Waals surface area contributed by atoms with Crippen molar-refractivity contribution in [2.75, 3.05) is 13.2 Å². The number of hydrogen-bond acceptors (Lipinski definition) is 12. The van der Waals surface area contributed by atoms with Gasteiger partial charge in [-0.25, -0.2) is 0 Å². The van der Waals surface area contributed by atoms with Gasteiger partial charge < -0.3 is 54.7 Å². The Bertz CT molecular complexity index is 1130. The van der Waals surface area contributed by atoms with Gasteiger partial charge in [0.1, 0.15) is 42.7 Å². The second-order valence-corrected chi connectivity index (χ2v) is 15.4. The molecule has 0 amide bonds. The molecule has 12 heteroatoms. The lowest BCUT2D eigenvalue weighted by atomic mass is 9.42. The van der Waals surface area contributed by atoms with Crippen LogP contribution in [0, 0.1) is 34.0 Å². The van der Waals surface area contributed by atoms with Crippen LogP contribution < -0.4 is 0 Å². The second kappa shape index (κ2) is 11.3. The molecule has 4 aliphatic carbocycles. The van der Waals surface area contributed by atoms with E-state index in [4.69, 9.17) is 18.9 Å². The van der Waals surface area contributed by atoms with E-state index in [0.717, 1.165) is 32.1 Å². The maximum Gasteiger partial charge on any atom is 0.186 e. The maximum atomic E-state index is 12.8. The first kappa shape index (κ1) is 32.9. The highest BCUT2D eigenvalue weighted by atomic mass is 16.7. The normalized spacial score (nSPS) is 55.0. The number of fused-ring (bicyclic) bond motifs is 3. The lowest BCUT2D eigenvalue weighted by Crippen LogP contribution is -2.61. The van der Waals surface area contributed by atoms with E-state index in [1.54, 1.807) is 6.08 Å². The lowest BCUT2D eigenvalue weighted by Gasteiger charge is -2.61. The van der Waals surface area contributed by atoms with Crippen molar-refractivity contribution in [3.8, 4) is 0 Å². The summed E-state index contributed by atoms with van der Waals surface area (Å²) in [6.07, 6.45) is -4.98. The Labute approximate surface area is 258 Å². The molecule has 7 N–H and O–H groups in total. The van der Waals surface area contributed by atoms with Crippen LogP contribution in [0.1, 0.15) is 66.2 Å². The second-order valence-electron chi connectivity index (χ2n) is 15.4. The molecule has 12 nitrogen and oxygen atoms in total. The number of allylic oxidation sites excluding steroid dienone is 2.